The Balaban J connectivity index is 1.81. The number of rotatable bonds is 17. The van der Waals surface area contributed by atoms with E-state index >= 15 is 0 Å². The maximum atomic E-state index is 11.7. The Kier molecular flexibility index (Phi) is 13.7. The first-order chi connectivity index (χ1) is 13.9. The van der Waals surface area contributed by atoms with Gasteiger partial charge in [0.15, 0.2) is 0 Å². The molecule has 29 heavy (non-hydrogen) atoms. The fourth-order valence-electron chi connectivity index (χ4n) is 1.90. The highest BCUT2D eigenvalue weighted by Crippen LogP contribution is 2.06. The molecule has 166 valence electrons. The fraction of sp³-hybridized carbons (Fsp3) is 0.611. The SMILES string of the molecule is CS(=O)(=S)OCCOCCOCCOCCOCCOC(=O)c1ccc(N)cc1. The predicted molar refractivity (Wildman–Crippen MR) is 112 cm³/mol. The van der Waals surface area contributed by atoms with Gasteiger partial charge in [-0.05, 0) is 24.3 Å². The van der Waals surface area contributed by atoms with E-state index in [0.29, 0.717) is 64.1 Å². The number of ether oxygens (including phenoxy) is 5. The summed E-state index contributed by atoms with van der Waals surface area (Å²) in [7, 11) is -2.59. The summed E-state index contributed by atoms with van der Waals surface area (Å²) in [5.41, 5.74) is 6.60. The lowest BCUT2D eigenvalue weighted by Gasteiger charge is -2.08. The minimum Gasteiger partial charge on any atom is -0.460 e. The van der Waals surface area contributed by atoms with Crippen molar-refractivity contribution in [2.75, 3.05) is 78.1 Å². The van der Waals surface area contributed by atoms with Crippen molar-refractivity contribution in [2.24, 2.45) is 0 Å². The van der Waals surface area contributed by atoms with Crippen molar-refractivity contribution in [2.45, 2.75) is 0 Å². The first-order valence-electron chi connectivity index (χ1n) is 9.06. The lowest BCUT2D eigenvalue weighted by atomic mass is 10.2. The molecule has 2 N–H and O–H groups in total. The van der Waals surface area contributed by atoms with Crippen LogP contribution in [0.25, 0.3) is 0 Å². The van der Waals surface area contributed by atoms with Crippen LogP contribution in [-0.4, -0.2) is 82.5 Å². The van der Waals surface area contributed by atoms with E-state index in [1.807, 2.05) is 0 Å². The molecule has 0 bridgehead atoms. The molecule has 0 saturated heterocycles. The topological polar surface area (TPSA) is 116 Å². The highest BCUT2D eigenvalue weighted by molar-refractivity contribution is 8.29. The van der Waals surface area contributed by atoms with Crippen molar-refractivity contribution in [1.82, 2.24) is 0 Å². The number of carbonyl (C=O) groups is 1. The average molecular weight is 452 g/mol. The van der Waals surface area contributed by atoms with Gasteiger partial charge in [-0.15, -0.1) is 0 Å². The molecule has 0 aromatic heterocycles. The number of nitrogen functional groups attached to an aromatic ring is 1. The van der Waals surface area contributed by atoms with Crippen LogP contribution < -0.4 is 5.73 Å². The largest absolute Gasteiger partial charge is 0.460 e. The van der Waals surface area contributed by atoms with Crippen LogP contribution in [0.1, 0.15) is 10.4 Å². The maximum Gasteiger partial charge on any atom is 0.338 e. The van der Waals surface area contributed by atoms with Crippen LogP contribution in [0.4, 0.5) is 5.69 Å². The molecule has 0 saturated carbocycles. The standard InChI is InChI=1S/C18H29NO8S2/c1-29(21,28)27-15-13-25-11-9-23-7-6-22-8-10-24-12-14-26-18(20)16-2-4-17(19)5-3-16/h2-5H,6-15,19H2,1H3. The van der Waals surface area contributed by atoms with Crippen molar-refractivity contribution in [3.8, 4) is 0 Å². The van der Waals surface area contributed by atoms with Crippen molar-refractivity contribution < 1.29 is 36.9 Å². The van der Waals surface area contributed by atoms with Crippen LogP contribution in [-0.2, 0) is 47.8 Å². The number of hydrogen-bond acceptors (Lipinski definition) is 10. The van der Waals surface area contributed by atoms with Gasteiger partial charge in [0, 0.05) is 23.1 Å². The van der Waals surface area contributed by atoms with E-state index in [-0.39, 0.29) is 13.2 Å². The third kappa shape index (κ3) is 15.2. The van der Waals surface area contributed by atoms with Crippen molar-refractivity contribution in [3.63, 3.8) is 0 Å². The first kappa shape index (κ1) is 25.7. The van der Waals surface area contributed by atoms with Crippen LogP contribution in [0.5, 0.6) is 0 Å². The number of carbonyl (C=O) groups excluding carboxylic acids is 1. The second-order valence-corrected chi connectivity index (χ2v) is 9.19. The van der Waals surface area contributed by atoms with E-state index in [9.17, 15) is 9.00 Å². The van der Waals surface area contributed by atoms with Gasteiger partial charge in [0.1, 0.15) is 15.4 Å². The predicted octanol–water partition coefficient (Wildman–Crippen LogP) is 0.800. The molecule has 0 aliphatic rings. The number of esters is 1. The molecule has 11 heteroatoms. The van der Waals surface area contributed by atoms with E-state index in [1.165, 1.54) is 6.26 Å². The van der Waals surface area contributed by atoms with Crippen LogP contribution in [0.15, 0.2) is 24.3 Å². The van der Waals surface area contributed by atoms with E-state index in [2.05, 4.69) is 11.2 Å². The van der Waals surface area contributed by atoms with Gasteiger partial charge in [-0.3, -0.25) is 4.18 Å². The Hall–Kier alpha value is -1.34. The van der Waals surface area contributed by atoms with Gasteiger partial charge in [-0.1, -0.05) is 0 Å². The lowest BCUT2D eigenvalue weighted by molar-refractivity contribution is -0.0105. The molecule has 1 aromatic rings. The normalized spacial score (nSPS) is 13.1. The second-order valence-electron chi connectivity index (χ2n) is 5.73. The zero-order valence-corrected chi connectivity index (χ0v) is 18.2. The fourth-order valence-corrected chi connectivity index (χ4v) is 2.48. The number of anilines is 1. The zero-order chi connectivity index (χ0) is 21.4. The highest BCUT2D eigenvalue weighted by atomic mass is 32.8. The molecular weight excluding hydrogens is 422 g/mol. The molecule has 1 unspecified atom stereocenters. The van der Waals surface area contributed by atoms with Crippen molar-refractivity contribution in [1.29, 1.82) is 0 Å². The van der Waals surface area contributed by atoms with Gasteiger partial charge in [0.05, 0.1) is 65.0 Å². The van der Waals surface area contributed by atoms with E-state index in [1.54, 1.807) is 24.3 Å². The number of benzene rings is 1. The molecule has 9 nitrogen and oxygen atoms in total. The minimum atomic E-state index is -2.59. The van der Waals surface area contributed by atoms with Gasteiger partial charge in [0.25, 0.3) is 0 Å². The van der Waals surface area contributed by atoms with Crippen molar-refractivity contribution in [3.05, 3.63) is 29.8 Å². The number of nitrogens with two attached hydrogens (primary N) is 1. The second kappa shape index (κ2) is 15.5. The molecule has 0 radical (unpaired) electrons. The van der Waals surface area contributed by atoms with Crippen LogP contribution in [0.3, 0.4) is 0 Å². The Labute approximate surface area is 176 Å². The van der Waals surface area contributed by atoms with Gasteiger partial charge in [0.2, 0.25) is 0 Å². The molecule has 0 heterocycles. The zero-order valence-electron chi connectivity index (χ0n) is 16.5. The average Bonchev–Trinajstić information content (AvgIpc) is 2.67. The Morgan fingerprint density at radius 2 is 1.24 bits per heavy atom. The van der Waals surface area contributed by atoms with E-state index in [4.69, 9.17) is 33.6 Å². The Morgan fingerprint density at radius 3 is 1.69 bits per heavy atom. The Bertz CT molecular complexity index is 667. The maximum absolute atomic E-state index is 11.7. The minimum absolute atomic E-state index is 0.166. The summed E-state index contributed by atoms with van der Waals surface area (Å²) in [6, 6.07) is 6.51. The molecule has 1 rings (SSSR count). The molecule has 1 aromatic carbocycles. The number of hydrogen-bond donors (Lipinski definition) is 1. The smallest absolute Gasteiger partial charge is 0.338 e. The van der Waals surface area contributed by atoms with Gasteiger partial charge in [-0.25, -0.2) is 9.00 Å². The summed E-state index contributed by atoms with van der Waals surface area (Å²) < 4.78 is 42.3. The molecule has 0 aliphatic heterocycles. The molecule has 1 atom stereocenters. The molecule has 0 fully saturated rings. The molecule has 0 spiro atoms. The molecular formula is C18H29NO8S2. The van der Waals surface area contributed by atoms with E-state index in [0.717, 1.165) is 0 Å². The molecule has 0 aliphatic carbocycles. The van der Waals surface area contributed by atoms with Gasteiger partial charge >= 0.3 is 5.97 Å². The molecule has 0 amide bonds. The summed E-state index contributed by atoms with van der Waals surface area (Å²) in [5.74, 6) is -0.413. The van der Waals surface area contributed by atoms with Crippen molar-refractivity contribution >= 4 is 31.6 Å². The summed E-state index contributed by atoms with van der Waals surface area (Å²) in [6.45, 7) is 3.49. The summed E-state index contributed by atoms with van der Waals surface area (Å²) in [5, 5.41) is 0. The van der Waals surface area contributed by atoms with E-state index < -0.39 is 14.7 Å². The van der Waals surface area contributed by atoms with Crippen LogP contribution >= 0.6 is 0 Å². The summed E-state index contributed by atoms with van der Waals surface area (Å²) >= 11 is 4.60. The van der Waals surface area contributed by atoms with Gasteiger partial charge in [-0.2, -0.15) is 0 Å². The monoisotopic (exact) mass is 451 g/mol. The highest BCUT2D eigenvalue weighted by Gasteiger charge is 2.06. The third-order valence-corrected chi connectivity index (χ3v) is 4.13. The third-order valence-electron chi connectivity index (χ3n) is 3.25. The lowest BCUT2D eigenvalue weighted by Crippen LogP contribution is -2.15. The first-order valence-corrected chi connectivity index (χ1v) is 11.9. The summed E-state index contributed by atoms with van der Waals surface area (Å²) in [4.78, 5) is 11.7. The quantitative estimate of drug-likeness (QED) is 0.207. The summed E-state index contributed by atoms with van der Waals surface area (Å²) in [6.07, 6.45) is 1.36. The Morgan fingerprint density at radius 1 is 0.828 bits per heavy atom. The van der Waals surface area contributed by atoms with Gasteiger partial charge < -0.3 is 29.4 Å². The van der Waals surface area contributed by atoms with Crippen LogP contribution in [0.2, 0.25) is 0 Å². The van der Waals surface area contributed by atoms with Crippen LogP contribution in [0, 0.1) is 0 Å².